The van der Waals surface area contributed by atoms with Crippen molar-refractivity contribution in [3.63, 3.8) is 0 Å². The Labute approximate surface area is 231 Å². The Morgan fingerprint density at radius 3 is 2.62 bits per heavy atom. The van der Waals surface area contributed by atoms with Gasteiger partial charge in [0.15, 0.2) is 11.5 Å². The van der Waals surface area contributed by atoms with Gasteiger partial charge in [0.25, 0.3) is 5.91 Å². The van der Waals surface area contributed by atoms with Gasteiger partial charge in [-0.15, -0.1) is 0 Å². The minimum atomic E-state index is -0.662. The number of hydrogen-bond acceptors (Lipinski definition) is 6. The van der Waals surface area contributed by atoms with Crippen LogP contribution in [0.2, 0.25) is 0 Å². The van der Waals surface area contributed by atoms with Crippen molar-refractivity contribution in [3.8, 4) is 0 Å². The summed E-state index contributed by atoms with van der Waals surface area (Å²) in [5, 5.41) is 6.93. The first-order valence-corrected chi connectivity index (χ1v) is 13.3. The fraction of sp³-hybridized carbons (Fsp3) is 0.379. The molecule has 0 unspecified atom stereocenters. The minimum absolute atomic E-state index is 0.150. The molecule has 40 heavy (non-hydrogen) atoms. The molecule has 1 aliphatic rings. The third-order valence-electron chi connectivity index (χ3n) is 7.06. The van der Waals surface area contributed by atoms with Crippen LogP contribution in [0.25, 0.3) is 11.0 Å². The number of hydrogen-bond donors (Lipinski definition) is 2. The molecule has 0 radical (unpaired) electrons. The number of carbonyl (C=O) groups is 2. The Morgan fingerprint density at radius 1 is 1.18 bits per heavy atom. The van der Waals surface area contributed by atoms with E-state index in [9.17, 15) is 14.0 Å². The third kappa shape index (κ3) is 5.29. The van der Waals surface area contributed by atoms with Gasteiger partial charge in [0.05, 0.1) is 35.6 Å². The molecule has 5 rings (SSSR count). The zero-order valence-electron chi connectivity index (χ0n) is 23.2. The number of nitrogens with one attached hydrogen (secondary N) is 1. The molecule has 10 nitrogen and oxygen atoms in total. The fourth-order valence-corrected chi connectivity index (χ4v) is 5.26. The molecule has 1 aliphatic heterocycles. The lowest BCUT2D eigenvalue weighted by atomic mass is 9.93. The molecule has 2 amide bonds. The summed E-state index contributed by atoms with van der Waals surface area (Å²) in [6.07, 6.45) is 0. The van der Waals surface area contributed by atoms with Crippen LogP contribution in [0.3, 0.4) is 0 Å². The maximum absolute atomic E-state index is 14.8. The van der Waals surface area contributed by atoms with Crippen LogP contribution in [-0.4, -0.2) is 50.8 Å². The number of halogens is 1. The maximum atomic E-state index is 14.8. The highest BCUT2D eigenvalue weighted by Crippen LogP contribution is 2.38. The second-order valence-corrected chi connectivity index (χ2v) is 10.9. The van der Waals surface area contributed by atoms with Crippen LogP contribution in [-0.2, 0) is 24.4 Å². The van der Waals surface area contributed by atoms with E-state index in [0.717, 1.165) is 16.8 Å². The van der Waals surface area contributed by atoms with Crippen molar-refractivity contribution in [2.75, 3.05) is 29.9 Å². The summed E-state index contributed by atoms with van der Waals surface area (Å²) in [6.45, 7) is 10.6. The van der Waals surface area contributed by atoms with E-state index in [4.69, 9.17) is 10.5 Å². The predicted molar refractivity (Wildman–Crippen MR) is 151 cm³/mol. The lowest BCUT2D eigenvalue weighted by Crippen LogP contribution is -2.37. The predicted octanol–water partition coefficient (Wildman–Crippen LogP) is 4.11. The standard InChI is InChI=1S/C29H34FN7O3/c1-5-37-25(23(30)18(2)34-37)27(39)33-28-32-21-13-20(26(31)38)14-22-24(21)36(28)17-29(3,4)16-35(22)11-12-40-15-19-9-7-6-8-10-19/h6-10,13-14H,5,11-12,15-17H2,1-4H3,(H2,31,38)(H,32,33,39). The number of benzene rings is 2. The molecule has 11 heteroatoms. The molecule has 0 saturated heterocycles. The van der Waals surface area contributed by atoms with Crippen LogP contribution < -0.4 is 16.0 Å². The molecular weight excluding hydrogens is 513 g/mol. The Hall–Kier alpha value is -4.25. The molecule has 0 fully saturated rings. The molecule has 2 aromatic carbocycles. The molecule has 3 N–H and O–H groups in total. The first-order chi connectivity index (χ1) is 19.1. The number of aryl methyl sites for hydroxylation is 2. The molecule has 0 spiro atoms. The summed E-state index contributed by atoms with van der Waals surface area (Å²) in [5.74, 6) is -1.62. The van der Waals surface area contributed by atoms with E-state index in [1.165, 1.54) is 11.6 Å². The second kappa shape index (κ2) is 10.7. The van der Waals surface area contributed by atoms with Gasteiger partial charge in [-0.25, -0.2) is 9.37 Å². The highest BCUT2D eigenvalue weighted by Gasteiger charge is 2.33. The number of anilines is 2. The SMILES string of the molecule is CCn1nc(C)c(F)c1C(=O)Nc1nc2cc(C(N)=O)cc3c2n1CC(C)(C)CN3CCOCc1ccccc1. The van der Waals surface area contributed by atoms with E-state index >= 15 is 0 Å². The number of aromatic nitrogens is 4. The largest absolute Gasteiger partial charge is 0.375 e. The van der Waals surface area contributed by atoms with Crippen molar-refractivity contribution in [1.29, 1.82) is 0 Å². The van der Waals surface area contributed by atoms with E-state index in [-0.39, 0.29) is 22.8 Å². The third-order valence-corrected chi connectivity index (χ3v) is 7.06. The number of amides is 2. The van der Waals surface area contributed by atoms with Gasteiger partial charge in [-0.1, -0.05) is 44.2 Å². The number of carbonyl (C=O) groups excluding carboxylic acids is 2. The zero-order valence-corrected chi connectivity index (χ0v) is 23.2. The lowest BCUT2D eigenvalue weighted by molar-refractivity contribution is 0.0994. The molecule has 3 heterocycles. The summed E-state index contributed by atoms with van der Waals surface area (Å²) in [7, 11) is 0. The smallest absolute Gasteiger partial charge is 0.279 e. The quantitative estimate of drug-likeness (QED) is 0.304. The number of primary amides is 1. The van der Waals surface area contributed by atoms with Crippen LogP contribution in [0.1, 0.15) is 52.9 Å². The number of nitrogens with zero attached hydrogens (tertiary/aromatic N) is 5. The fourth-order valence-electron chi connectivity index (χ4n) is 5.26. The Morgan fingerprint density at radius 2 is 1.93 bits per heavy atom. The summed E-state index contributed by atoms with van der Waals surface area (Å²) in [4.78, 5) is 32.4. The molecule has 0 atom stereocenters. The molecule has 0 bridgehead atoms. The average molecular weight is 548 g/mol. The van der Waals surface area contributed by atoms with Crippen molar-refractivity contribution < 1.29 is 18.7 Å². The van der Waals surface area contributed by atoms with E-state index < -0.39 is 17.6 Å². The van der Waals surface area contributed by atoms with Crippen molar-refractivity contribution in [2.24, 2.45) is 11.1 Å². The van der Waals surface area contributed by atoms with Gasteiger partial charge in [0.1, 0.15) is 0 Å². The van der Waals surface area contributed by atoms with Crippen LogP contribution >= 0.6 is 0 Å². The molecular formula is C29H34FN7O3. The lowest BCUT2D eigenvalue weighted by Gasteiger charge is -2.32. The Balaban J connectivity index is 1.51. The number of ether oxygens (including phenoxy) is 1. The Bertz CT molecular complexity index is 1580. The molecule has 2 aromatic heterocycles. The van der Waals surface area contributed by atoms with Crippen LogP contribution in [0, 0.1) is 18.2 Å². The maximum Gasteiger partial charge on any atom is 0.279 e. The summed E-state index contributed by atoms with van der Waals surface area (Å²) < 4.78 is 24.1. The topological polar surface area (TPSA) is 120 Å². The number of nitrogens with two attached hydrogens (primary N) is 1. The first-order valence-electron chi connectivity index (χ1n) is 13.3. The van der Waals surface area contributed by atoms with Gasteiger partial charge in [-0.3, -0.25) is 19.6 Å². The summed E-state index contributed by atoms with van der Waals surface area (Å²) in [6, 6.07) is 13.3. The van der Waals surface area contributed by atoms with E-state index in [2.05, 4.69) is 34.1 Å². The molecule has 0 aliphatic carbocycles. The van der Waals surface area contributed by atoms with Crippen molar-refractivity contribution in [1.82, 2.24) is 19.3 Å². The normalized spacial score (nSPS) is 14.4. The molecule has 210 valence electrons. The van der Waals surface area contributed by atoms with Crippen LogP contribution in [0.15, 0.2) is 42.5 Å². The van der Waals surface area contributed by atoms with E-state index in [1.54, 1.807) is 19.1 Å². The minimum Gasteiger partial charge on any atom is -0.375 e. The van der Waals surface area contributed by atoms with E-state index in [0.29, 0.717) is 50.5 Å². The number of rotatable bonds is 9. The molecule has 0 saturated carbocycles. The number of imidazole rings is 1. The zero-order chi connectivity index (χ0) is 28.6. The Kier molecular flexibility index (Phi) is 7.33. The van der Waals surface area contributed by atoms with Gasteiger partial charge in [-0.05, 0) is 31.5 Å². The van der Waals surface area contributed by atoms with Crippen molar-refractivity contribution in [3.05, 3.63) is 70.8 Å². The van der Waals surface area contributed by atoms with E-state index in [1.807, 2.05) is 34.9 Å². The highest BCUT2D eigenvalue weighted by molar-refractivity contribution is 6.05. The van der Waals surface area contributed by atoms with Gasteiger partial charge in [0.2, 0.25) is 11.9 Å². The highest BCUT2D eigenvalue weighted by atomic mass is 19.1. The first kappa shape index (κ1) is 27.3. The van der Waals surface area contributed by atoms with Crippen LogP contribution in [0.4, 0.5) is 16.0 Å². The molecule has 4 aromatic rings. The van der Waals surface area contributed by atoms with Gasteiger partial charge in [-0.2, -0.15) is 5.10 Å². The van der Waals surface area contributed by atoms with Crippen LogP contribution in [0.5, 0.6) is 0 Å². The van der Waals surface area contributed by atoms with Crippen molar-refractivity contribution >= 4 is 34.5 Å². The van der Waals surface area contributed by atoms with Gasteiger partial charge < -0.3 is 19.9 Å². The average Bonchev–Trinajstić information content (AvgIpc) is 3.36. The van der Waals surface area contributed by atoms with Gasteiger partial charge in [0, 0.05) is 37.2 Å². The van der Waals surface area contributed by atoms with Crippen molar-refractivity contribution in [2.45, 2.75) is 47.4 Å². The summed E-state index contributed by atoms with van der Waals surface area (Å²) >= 11 is 0. The summed E-state index contributed by atoms with van der Waals surface area (Å²) in [5.41, 5.74) is 8.87. The second-order valence-electron chi connectivity index (χ2n) is 10.9. The van der Waals surface area contributed by atoms with Gasteiger partial charge >= 0.3 is 0 Å². The monoisotopic (exact) mass is 547 g/mol.